The smallest absolute Gasteiger partial charge is 0.251 e. The lowest BCUT2D eigenvalue weighted by Crippen LogP contribution is -2.41. The van der Waals surface area contributed by atoms with Crippen LogP contribution in [0.4, 0.5) is 5.69 Å². The van der Waals surface area contributed by atoms with Gasteiger partial charge >= 0.3 is 0 Å². The van der Waals surface area contributed by atoms with Gasteiger partial charge < -0.3 is 10.6 Å². The Balaban J connectivity index is 1.62. The maximum atomic E-state index is 12.4. The van der Waals surface area contributed by atoms with Crippen LogP contribution in [0.15, 0.2) is 24.3 Å². The predicted molar refractivity (Wildman–Crippen MR) is 85.3 cm³/mol. The van der Waals surface area contributed by atoms with Gasteiger partial charge in [-0.25, -0.2) is 0 Å². The van der Waals surface area contributed by atoms with Crippen LogP contribution in [0.5, 0.6) is 0 Å². The molecule has 4 nitrogen and oxygen atoms in total. The normalized spacial score (nSPS) is 18.7. The molecular formula is C18H20N2O2. The number of hydrogen-bond donors (Lipinski definition) is 2. The number of nitrogens with one attached hydrogen (secondary N) is 2. The summed E-state index contributed by atoms with van der Waals surface area (Å²) in [6, 6.07) is 7.35. The lowest BCUT2D eigenvalue weighted by atomic mass is 9.66. The monoisotopic (exact) mass is 296 g/mol. The lowest BCUT2D eigenvalue weighted by Gasteiger charge is -2.38. The second kappa shape index (κ2) is 5.84. The van der Waals surface area contributed by atoms with Gasteiger partial charge in [-0.3, -0.25) is 9.59 Å². The molecule has 3 rings (SSSR count). The van der Waals surface area contributed by atoms with Gasteiger partial charge in [-0.05, 0) is 49.9 Å². The van der Waals surface area contributed by atoms with Crippen LogP contribution in [0.2, 0.25) is 0 Å². The van der Waals surface area contributed by atoms with Crippen molar-refractivity contribution in [1.29, 1.82) is 0 Å². The van der Waals surface area contributed by atoms with E-state index in [2.05, 4.69) is 16.6 Å². The van der Waals surface area contributed by atoms with E-state index in [1.54, 1.807) is 24.3 Å². The molecule has 2 aliphatic rings. The lowest BCUT2D eigenvalue weighted by molar-refractivity contribution is -0.129. The molecule has 1 aromatic carbocycles. The van der Waals surface area contributed by atoms with Gasteiger partial charge in [0.25, 0.3) is 5.91 Å². The van der Waals surface area contributed by atoms with Gasteiger partial charge in [0.05, 0.1) is 5.41 Å². The van der Waals surface area contributed by atoms with Crippen molar-refractivity contribution in [3.8, 4) is 12.3 Å². The molecule has 2 aliphatic carbocycles. The maximum Gasteiger partial charge on any atom is 0.251 e. The van der Waals surface area contributed by atoms with E-state index in [-0.39, 0.29) is 11.8 Å². The van der Waals surface area contributed by atoms with Crippen LogP contribution >= 0.6 is 0 Å². The third-order valence-electron chi connectivity index (χ3n) is 4.55. The van der Waals surface area contributed by atoms with E-state index in [0.29, 0.717) is 23.7 Å². The molecule has 114 valence electrons. The van der Waals surface area contributed by atoms with E-state index in [1.807, 2.05) is 0 Å². The van der Waals surface area contributed by atoms with Crippen LogP contribution in [0.3, 0.4) is 0 Å². The quantitative estimate of drug-likeness (QED) is 0.821. The summed E-state index contributed by atoms with van der Waals surface area (Å²) < 4.78 is 0. The summed E-state index contributed by atoms with van der Waals surface area (Å²) in [7, 11) is 0. The van der Waals surface area contributed by atoms with Crippen LogP contribution in [0.25, 0.3) is 0 Å². The van der Waals surface area contributed by atoms with Gasteiger partial charge in [0.2, 0.25) is 5.91 Å². The van der Waals surface area contributed by atoms with Crippen molar-refractivity contribution < 1.29 is 9.59 Å². The SMILES string of the molecule is C#CCC1(C(=O)Nc2ccc(C(=O)NC3CC3)cc2)CCC1. The first-order valence-electron chi connectivity index (χ1n) is 7.79. The zero-order valence-corrected chi connectivity index (χ0v) is 12.5. The minimum absolute atomic E-state index is 0.00752. The first-order valence-corrected chi connectivity index (χ1v) is 7.79. The number of amides is 2. The van der Waals surface area contributed by atoms with Gasteiger partial charge in [0.1, 0.15) is 0 Å². The Morgan fingerprint density at radius 1 is 1.23 bits per heavy atom. The first-order chi connectivity index (χ1) is 10.6. The highest BCUT2D eigenvalue weighted by Crippen LogP contribution is 2.44. The largest absolute Gasteiger partial charge is 0.349 e. The molecule has 0 radical (unpaired) electrons. The van der Waals surface area contributed by atoms with Crippen LogP contribution in [0.1, 0.15) is 48.9 Å². The molecule has 0 aromatic heterocycles. The van der Waals surface area contributed by atoms with Gasteiger partial charge in [-0.1, -0.05) is 6.42 Å². The second-order valence-electron chi connectivity index (χ2n) is 6.29. The number of carbonyl (C=O) groups is 2. The second-order valence-corrected chi connectivity index (χ2v) is 6.29. The van der Waals surface area contributed by atoms with Crippen molar-refractivity contribution in [3.63, 3.8) is 0 Å². The number of carbonyl (C=O) groups excluding carboxylic acids is 2. The Kier molecular flexibility index (Phi) is 3.89. The minimum atomic E-state index is -0.392. The molecule has 22 heavy (non-hydrogen) atoms. The average molecular weight is 296 g/mol. The fourth-order valence-corrected chi connectivity index (χ4v) is 2.75. The van der Waals surface area contributed by atoms with E-state index in [1.165, 1.54) is 0 Å². The Morgan fingerprint density at radius 3 is 2.41 bits per heavy atom. The maximum absolute atomic E-state index is 12.4. The molecule has 0 unspecified atom stereocenters. The highest BCUT2D eigenvalue weighted by atomic mass is 16.2. The average Bonchev–Trinajstić information content (AvgIpc) is 3.27. The molecule has 4 heteroatoms. The predicted octanol–water partition coefficient (Wildman–Crippen LogP) is 2.71. The fourth-order valence-electron chi connectivity index (χ4n) is 2.75. The molecular weight excluding hydrogens is 276 g/mol. The van der Waals surface area contributed by atoms with Crippen LogP contribution < -0.4 is 10.6 Å². The molecule has 2 fully saturated rings. The van der Waals surface area contributed by atoms with Crippen molar-refractivity contribution in [3.05, 3.63) is 29.8 Å². The topological polar surface area (TPSA) is 58.2 Å². The van der Waals surface area contributed by atoms with E-state index in [9.17, 15) is 9.59 Å². The van der Waals surface area contributed by atoms with E-state index in [0.717, 1.165) is 32.1 Å². The summed E-state index contributed by atoms with van der Waals surface area (Å²) in [5.74, 6) is 2.55. The van der Waals surface area contributed by atoms with E-state index in [4.69, 9.17) is 6.42 Å². The number of benzene rings is 1. The van der Waals surface area contributed by atoms with E-state index >= 15 is 0 Å². The summed E-state index contributed by atoms with van der Waals surface area (Å²) in [5.41, 5.74) is 0.930. The Hall–Kier alpha value is -2.28. The molecule has 2 N–H and O–H groups in total. The van der Waals surface area contributed by atoms with Gasteiger partial charge in [-0.2, -0.15) is 0 Å². The molecule has 0 heterocycles. The van der Waals surface area contributed by atoms with Crippen molar-refractivity contribution in [2.45, 2.75) is 44.6 Å². The highest BCUT2D eigenvalue weighted by molar-refractivity contribution is 5.98. The summed E-state index contributed by atoms with van der Waals surface area (Å²) in [4.78, 5) is 24.3. The fraction of sp³-hybridized carbons (Fsp3) is 0.444. The van der Waals surface area contributed by atoms with Crippen molar-refractivity contribution in [1.82, 2.24) is 5.32 Å². The molecule has 2 amide bonds. The highest BCUT2D eigenvalue weighted by Gasteiger charge is 2.43. The molecule has 2 saturated carbocycles. The van der Waals surface area contributed by atoms with E-state index < -0.39 is 5.41 Å². The molecule has 0 atom stereocenters. The van der Waals surface area contributed by atoms with Crippen molar-refractivity contribution in [2.24, 2.45) is 5.41 Å². The third kappa shape index (κ3) is 2.99. The molecule has 1 aromatic rings. The number of rotatable bonds is 5. The van der Waals surface area contributed by atoms with Crippen molar-refractivity contribution in [2.75, 3.05) is 5.32 Å². The van der Waals surface area contributed by atoms with Gasteiger partial charge in [-0.15, -0.1) is 12.3 Å². The summed E-state index contributed by atoms with van der Waals surface area (Å²) in [6.07, 6.45) is 10.8. The third-order valence-corrected chi connectivity index (χ3v) is 4.55. The standard InChI is InChI=1S/C18H20N2O2/c1-2-10-18(11-3-12-18)17(22)20-15-6-4-13(5-7-15)16(21)19-14-8-9-14/h1,4-7,14H,3,8-12H2,(H,19,21)(H,20,22). The molecule has 0 bridgehead atoms. The Morgan fingerprint density at radius 2 is 1.91 bits per heavy atom. The van der Waals surface area contributed by atoms with Crippen LogP contribution in [-0.4, -0.2) is 17.9 Å². The summed E-state index contributed by atoms with van der Waals surface area (Å²) >= 11 is 0. The zero-order chi connectivity index (χ0) is 15.6. The number of anilines is 1. The number of hydrogen-bond acceptors (Lipinski definition) is 2. The number of terminal acetylenes is 1. The Labute approximate surface area is 130 Å². The van der Waals surface area contributed by atoms with Crippen molar-refractivity contribution >= 4 is 17.5 Å². The zero-order valence-electron chi connectivity index (χ0n) is 12.5. The summed E-state index contributed by atoms with van der Waals surface area (Å²) in [6.45, 7) is 0. The molecule has 0 aliphatic heterocycles. The molecule has 0 saturated heterocycles. The summed E-state index contributed by atoms with van der Waals surface area (Å²) in [5, 5.41) is 5.86. The van der Waals surface area contributed by atoms with Gasteiger partial charge in [0.15, 0.2) is 0 Å². The molecule has 0 spiro atoms. The Bertz CT molecular complexity index is 619. The van der Waals surface area contributed by atoms with Crippen LogP contribution in [-0.2, 0) is 4.79 Å². The van der Waals surface area contributed by atoms with Gasteiger partial charge in [0, 0.05) is 23.7 Å². The minimum Gasteiger partial charge on any atom is -0.349 e. The first kappa shape index (κ1) is 14.6. The van der Waals surface area contributed by atoms with Crippen LogP contribution in [0, 0.1) is 17.8 Å².